The summed E-state index contributed by atoms with van der Waals surface area (Å²) in [6.45, 7) is 3.76. The van der Waals surface area contributed by atoms with Crippen molar-refractivity contribution >= 4 is 21.4 Å². The zero-order valence-electron chi connectivity index (χ0n) is 11.6. The Labute approximate surface area is 124 Å². The van der Waals surface area contributed by atoms with Gasteiger partial charge in [-0.05, 0) is 32.3 Å². The first-order valence-corrected chi connectivity index (χ1v) is 9.31. The Morgan fingerprint density at radius 1 is 1.40 bits per heavy atom. The highest BCUT2D eigenvalue weighted by Gasteiger charge is 2.28. The van der Waals surface area contributed by atoms with E-state index in [1.807, 2.05) is 25.1 Å². The fraction of sp³-hybridized carbons (Fsp3) is 0.571. The van der Waals surface area contributed by atoms with Gasteiger partial charge in [-0.3, -0.25) is 0 Å². The number of sulfonamides is 1. The summed E-state index contributed by atoms with van der Waals surface area (Å²) < 4.78 is 26.9. The fourth-order valence-corrected chi connectivity index (χ4v) is 5.34. The van der Waals surface area contributed by atoms with Crippen molar-refractivity contribution in [2.45, 2.75) is 43.7 Å². The summed E-state index contributed by atoms with van der Waals surface area (Å²) in [5.41, 5.74) is 0. The third-order valence-corrected chi connectivity index (χ3v) is 6.88. The zero-order chi connectivity index (χ0) is 14.2. The number of hydrogen-bond donors (Lipinski definition) is 1. The molecule has 1 aromatic heterocycles. The summed E-state index contributed by atoms with van der Waals surface area (Å²) in [7, 11) is -3.33. The van der Waals surface area contributed by atoms with Crippen LogP contribution in [0.2, 0.25) is 0 Å². The molecule has 0 saturated heterocycles. The average molecular weight is 312 g/mol. The molecule has 0 radical (unpaired) electrons. The maximum absolute atomic E-state index is 12.7. The van der Waals surface area contributed by atoms with E-state index in [0.29, 0.717) is 24.0 Å². The number of nitrogens with zero attached hydrogens (tertiary/aromatic N) is 1. The van der Waals surface area contributed by atoms with Gasteiger partial charge in [-0.2, -0.15) is 4.31 Å². The van der Waals surface area contributed by atoms with E-state index in [0.717, 1.165) is 22.7 Å². The molecule has 1 aromatic rings. The van der Waals surface area contributed by atoms with Crippen molar-refractivity contribution < 1.29 is 8.42 Å². The Kier molecular flexibility index (Phi) is 3.99. The van der Waals surface area contributed by atoms with E-state index in [9.17, 15) is 8.42 Å². The molecule has 4 nitrogen and oxygen atoms in total. The molecule has 20 heavy (non-hydrogen) atoms. The van der Waals surface area contributed by atoms with Gasteiger partial charge in [0, 0.05) is 35.4 Å². The SMILES string of the molecule is Cc1sc(CNC2CC2)cc1S(=O)(=O)N1CC=CCC1. The summed E-state index contributed by atoms with van der Waals surface area (Å²) >= 11 is 1.59. The maximum atomic E-state index is 12.7. The largest absolute Gasteiger partial charge is 0.309 e. The van der Waals surface area contributed by atoms with E-state index < -0.39 is 10.0 Å². The monoisotopic (exact) mass is 312 g/mol. The second kappa shape index (κ2) is 5.60. The molecule has 110 valence electrons. The van der Waals surface area contributed by atoms with Crippen molar-refractivity contribution in [3.8, 4) is 0 Å². The van der Waals surface area contributed by atoms with Gasteiger partial charge in [0.05, 0.1) is 4.90 Å². The predicted molar refractivity (Wildman–Crippen MR) is 81.4 cm³/mol. The number of rotatable bonds is 5. The number of nitrogens with one attached hydrogen (secondary N) is 1. The first-order chi connectivity index (χ1) is 9.57. The first-order valence-electron chi connectivity index (χ1n) is 7.05. The van der Waals surface area contributed by atoms with Gasteiger partial charge in [-0.25, -0.2) is 8.42 Å². The average Bonchev–Trinajstić information content (AvgIpc) is 3.20. The molecule has 2 aliphatic rings. The topological polar surface area (TPSA) is 49.4 Å². The van der Waals surface area contributed by atoms with Gasteiger partial charge in [0.2, 0.25) is 10.0 Å². The van der Waals surface area contributed by atoms with Crippen LogP contribution in [0.25, 0.3) is 0 Å². The van der Waals surface area contributed by atoms with Crippen molar-refractivity contribution in [2.24, 2.45) is 0 Å². The molecular weight excluding hydrogens is 292 g/mol. The Balaban J connectivity index is 1.79. The van der Waals surface area contributed by atoms with Crippen LogP contribution in [0.4, 0.5) is 0 Å². The smallest absolute Gasteiger partial charge is 0.244 e. The molecule has 0 spiro atoms. The Morgan fingerprint density at radius 2 is 2.20 bits per heavy atom. The highest BCUT2D eigenvalue weighted by molar-refractivity contribution is 7.89. The normalized spacial score (nSPS) is 20.4. The number of aryl methyl sites for hydroxylation is 1. The van der Waals surface area contributed by atoms with Gasteiger partial charge in [0.25, 0.3) is 0 Å². The van der Waals surface area contributed by atoms with Crippen molar-refractivity contribution in [3.05, 3.63) is 28.0 Å². The summed E-state index contributed by atoms with van der Waals surface area (Å²) in [5, 5.41) is 3.44. The Hall–Kier alpha value is -0.690. The van der Waals surface area contributed by atoms with Crippen LogP contribution in [0, 0.1) is 6.92 Å². The number of thiophene rings is 1. The molecule has 0 amide bonds. The molecule has 1 N–H and O–H groups in total. The van der Waals surface area contributed by atoms with Crippen LogP contribution in [-0.4, -0.2) is 31.9 Å². The lowest BCUT2D eigenvalue weighted by atomic mass is 10.3. The molecule has 3 rings (SSSR count). The van der Waals surface area contributed by atoms with Crippen LogP contribution in [-0.2, 0) is 16.6 Å². The minimum Gasteiger partial charge on any atom is -0.309 e. The number of hydrogen-bond acceptors (Lipinski definition) is 4. The molecule has 1 saturated carbocycles. The summed E-state index contributed by atoms with van der Waals surface area (Å²) in [6.07, 6.45) is 7.26. The second-order valence-electron chi connectivity index (χ2n) is 5.41. The third-order valence-electron chi connectivity index (χ3n) is 3.70. The van der Waals surface area contributed by atoms with Crippen LogP contribution >= 0.6 is 11.3 Å². The molecule has 0 bridgehead atoms. The van der Waals surface area contributed by atoms with Crippen LogP contribution in [0.15, 0.2) is 23.1 Å². The lowest BCUT2D eigenvalue weighted by Crippen LogP contribution is -2.33. The molecule has 6 heteroatoms. The third kappa shape index (κ3) is 2.98. The van der Waals surface area contributed by atoms with Crippen LogP contribution in [0.5, 0.6) is 0 Å². The van der Waals surface area contributed by atoms with Crippen molar-refractivity contribution in [1.29, 1.82) is 0 Å². The lowest BCUT2D eigenvalue weighted by Gasteiger charge is -2.22. The highest BCUT2D eigenvalue weighted by Crippen LogP contribution is 2.29. The molecular formula is C14H20N2O2S2. The van der Waals surface area contributed by atoms with Crippen molar-refractivity contribution in [3.63, 3.8) is 0 Å². The Bertz CT molecular complexity index is 615. The summed E-state index contributed by atoms with van der Waals surface area (Å²) in [4.78, 5) is 2.50. The van der Waals surface area contributed by atoms with E-state index in [1.54, 1.807) is 15.6 Å². The predicted octanol–water partition coefficient (Wildman–Crippen LogP) is 2.26. The maximum Gasteiger partial charge on any atom is 0.244 e. The molecule has 1 aliphatic heterocycles. The minimum absolute atomic E-state index is 0.491. The lowest BCUT2D eigenvalue weighted by molar-refractivity contribution is 0.437. The molecule has 0 aromatic carbocycles. The van der Waals surface area contributed by atoms with Crippen LogP contribution in [0.1, 0.15) is 29.0 Å². The van der Waals surface area contributed by atoms with Gasteiger partial charge >= 0.3 is 0 Å². The quantitative estimate of drug-likeness (QED) is 0.849. The summed E-state index contributed by atoms with van der Waals surface area (Å²) in [5.74, 6) is 0. The van der Waals surface area contributed by atoms with Gasteiger partial charge in [-0.15, -0.1) is 11.3 Å². The van der Waals surface area contributed by atoms with Crippen LogP contribution in [0.3, 0.4) is 0 Å². The van der Waals surface area contributed by atoms with Crippen LogP contribution < -0.4 is 5.32 Å². The molecule has 0 unspecified atom stereocenters. The van der Waals surface area contributed by atoms with Gasteiger partial charge < -0.3 is 5.32 Å². The zero-order valence-corrected chi connectivity index (χ0v) is 13.3. The van der Waals surface area contributed by atoms with E-state index in [1.165, 1.54) is 12.8 Å². The van der Waals surface area contributed by atoms with Crippen molar-refractivity contribution in [1.82, 2.24) is 9.62 Å². The van der Waals surface area contributed by atoms with E-state index in [4.69, 9.17) is 0 Å². The second-order valence-corrected chi connectivity index (χ2v) is 8.66. The van der Waals surface area contributed by atoms with E-state index in [-0.39, 0.29) is 0 Å². The van der Waals surface area contributed by atoms with E-state index >= 15 is 0 Å². The first kappa shape index (κ1) is 14.3. The van der Waals surface area contributed by atoms with Crippen molar-refractivity contribution in [2.75, 3.05) is 13.1 Å². The molecule has 0 atom stereocenters. The van der Waals surface area contributed by atoms with Gasteiger partial charge in [0.1, 0.15) is 0 Å². The van der Waals surface area contributed by atoms with E-state index in [2.05, 4.69) is 5.32 Å². The standard InChI is InChI=1S/C14H20N2O2S2/c1-11-14(9-13(19-11)10-15-12-5-6-12)20(17,18)16-7-3-2-4-8-16/h2-3,9,12,15H,4-8,10H2,1H3. The van der Waals surface area contributed by atoms with Gasteiger partial charge in [-0.1, -0.05) is 12.2 Å². The molecule has 1 aliphatic carbocycles. The Morgan fingerprint density at radius 3 is 2.85 bits per heavy atom. The fourth-order valence-electron chi connectivity index (χ4n) is 2.38. The molecule has 1 fully saturated rings. The molecule has 2 heterocycles. The van der Waals surface area contributed by atoms with Gasteiger partial charge in [0.15, 0.2) is 0 Å². The minimum atomic E-state index is -3.33. The summed E-state index contributed by atoms with van der Waals surface area (Å²) in [6, 6.07) is 2.49. The highest BCUT2D eigenvalue weighted by atomic mass is 32.2.